The van der Waals surface area contributed by atoms with Crippen molar-refractivity contribution in [1.82, 2.24) is 30.1 Å². The number of carbonyl (C=O) groups excluding carboxylic acids is 1. The molecule has 0 unspecified atom stereocenters. The van der Waals surface area contributed by atoms with Gasteiger partial charge in [-0.3, -0.25) is 4.79 Å². The predicted molar refractivity (Wildman–Crippen MR) is 94.1 cm³/mol. The monoisotopic (exact) mass is 352 g/mol. The molecule has 1 aliphatic rings. The summed E-state index contributed by atoms with van der Waals surface area (Å²) in [5.74, 6) is -0.0931. The molecule has 3 aromatic rings. The Balaban J connectivity index is 1.58. The molecule has 1 amide bonds. The van der Waals surface area contributed by atoms with E-state index in [1.165, 1.54) is 0 Å². The Morgan fingerprint density at radius 3 is 2.77 bits per heavy atom. The summed E-state index contributed by atoms with van der Waals surface area (Å²) in [6.07, 6.45) is 3.45. The number of amides is 1. The summed E-state index contributed by atoms with van der Waals surface area (Å²) < 4.78 is 7.31. The molecule has 134 valence electrons. The summed E-state index contributed by atoms with van der Waals surface area (Å²) in [5.41, 5.74) is 3.03. The van der Waals surface area contributed by atoms with Gasteiger partial charge in [-0.25, -0.2) is 4.68 Å². The molecule has 3 heterocycles. The van der Waals surface area contributed by atoms with Crippen LogP contribution >= 0.6 is 0 Å². The Bertz CT molecular complexity index is 890. The van der Waals surface area contributed by atoms with Gasteiger partial charge < -0.3 is 9.64 Å². The fourth-order valence-corrected chi connectivity index (χ4v) is 3.39. The number of rotatable bonds is 4. The lowest BCUT2D eigenvalue weighted by Crippen LogP contribution is -2.30. The second-order valence-electron chi connectivity index (χ2n) is 6.43. The van der Waals surface area contributed by atoms with E-state index in [0.717, 1.165) is 16.9 Å². The minimum atomic E-state index is -0.111. The van der Waals surface area contributed by atoms with E-state index in [9.17, 15) is 4.79 Å². The summed E-state index contributed by atoms with van der Waals surface area (Å²) in [6.45, 7) is 2.94. The molecular weight excluding hydrogens is 332 g/mol. The van der Waals surface area contributed by atoms with Gasteiger partial charge in [-0.1, -0.05) is 18.2 Å². The Morgan fingerprint density at radius 1 is 1.27 bits per heavy atom. The number of para-hydroxylation sites is 1. The maximum atomic E-state index is 13.0. The summed E-state index contributed by atoms with van der Waals surface area (Å²) in [5, 5.41) is 15.2. The number of aromatic amines is 1. The van der Waals surface area contributed by atoms with Crippen LogP contribution in [0.4, 0.5) is 0 Å². The first kappa shape index (κ1) is 16.5. The van der Waals surface area contributed by atoms with Crippen LogP contribution in [0.5, 0.6) is 0 Å². The molecule has 0 bridgehead atoms. The van der Waals surface area contributed by atoms with E-state index in [-0.39, 0.29) is 17.9 Å². The van der Waals surface area contributed by atoms with E-state index in [1.807, 2.05) is 43.5 Å². The van der Waals surface area contributed by atoms with Crippen LogP contribution in [0.15, 0.2) is 42.7 Å². The molecule has 0 saturated carbocycles. The van der Waals surface area contributed by atoms with E-state index in [0.29, 0.717) is 18.8 Å². The van der Waals surface area contributed by atoms with E-state index in [1.54, 1.807) is 22.9 Å². The van der Waals surface area contributed by atoms with Crippen LogP contribution in [0.1, 0.15) is 27.7 Å². The molecular formula is C18H20N6O2. The van der Waals surface area contributed by atoms with Gasteiger partial charge in [0, 0.05) is 32.0 Å². The number of aryl methyl sites for hydroxylation is 1. The average molecular weight is 352 g/mol. The predicted octanol–water partition coefficient (Wildman–Crippen LogP) is 1.55. The van der Waals surface area contributed by atoms with Crippen LogP contribution in [0.25, 0.3) is 5.69 Å². The van der Waals surface area contributed by atoms with Crippen molar-refractivity contribution in [2.45, 2.75) is 18.9 Å². The highest BCUT2D eigenvalue weighted by Crippen LogP contribution is 2.29. The van der Waals surface area contributed by atoms with E-state index in [2.05, 4.69) is 20.5 Å². The molecule has 1 saturated heterocycles. The lowest BCUT2D eigenvalue weighted by atomic mass is 10.0. The number of aromatic nitrogens is 5. The van der Waals surface area contributed by atoms with Gasteiger partial charge in [0.2, 0.25) is 0 Å². The van der Waals surface area contributed by atoms with Crippen LogP contribution in [0.3, 0.4) is 0 Å². The Labute approximate surface area is 150 Å². The van der Waals surface area contributed by atoms with Crippen LogP contribution in [0.2, 0.25) is 0 Å². The normalized spacial score (nSPS) is 19.8. The maximum absolute atomic E-state index is 13.0. The lowest BCUT2D eigenvalue weighted by Gasteiger charge is -2.14. The molecule has 4 rings (SSSR count). The summed E-state index contributed by atoms with van der Waals surface area (Å²) >= 11 is 0. The Kier molecular flexibility index (Phi) is 4.26. The highest BCUT2D eigenvalue weighted by atomic mass is 16.5. The van der Waals surface area contributed by atoms with Crippen molar-refractivity contribution >= 4 is 5.91 Å². The van der Waals surface area contributed by atoms with Crippen molar-refractivity contribution in [2.75, 3.05) is 20.2 Å². The second kappa shape index (κ2) is 6.72. The van der Waals surface area contributed by atoms with Gasteiger partial charge in [0.1, 0.15) is 0 Å². The molecule has 1 aliphatic heterocycles. The first-order valence-corrected chi connectivity index (χ1v) is 8.47. The largest absolute Gasteiger partial charge is 0.379 e. The first-order valence-electron chi connectivity index (χ1n) is 8.47. The molecule has 1 fully saturated rings. The molecule has 8 heteroatoms. The van der Waals surface area contributed by atoms with Gasteiger partial charge in [-0.15, -0.1) is 0 Å². The number of carbonyl (C=O) groups is 1. The Hall–Kier alpha value is -3.00. The second-order valence-corrected chi connectivity index (χ2v) is 6.43. The zero-order valence-electron chi connectivity index (χ0n) is 14.7. The first-order chi connectivity index (χ1) is 12.7. The van der Waals surface area contributed by atoms with Gasteiger partial charge in [-0.2, -0.15) is 20.5 Å². The summed E-state index contributed by atoms with van der Waals surface area (Å²) in [4.78, 5) is 14.8. The van der Waals surface area contributed by atoms with Crippen LogP contribution in [0, 0.1) is 6.92 Å². The molecule has 1 N–H and O–H groups in total. The van der Waals surface area contributed by atoms with E-state index in [4.69, 9.17) is 4.74 Å². The number of likely N-dealkylation sites (tertiary alicyclic amines) is 1. The number of hydrogen-bond acceptors (Lipinski definition) is 5. The van der Waals surface area contributed by atoms with Crippen molar-refractivity contribution in [3.63, 3.8) is 0 Å². The third-order valence-corrected chi connectivity index (χ3v) is 4.79. The van der Waals surface area contributed by atoms with Crippen molar-refractivity contribution in [3.8, 4) is 5.69 Å². The third-order valence-electron chi connectivity index (χ3n) is 4.79. The standard InChI is InChI=1S/C18H20N6O2/c1-12-9-24(13-6-4-3-5-7-13)21-17(12)18(25)23-10-14(16(11-23)26-2)15-8-19-22-20-15/h3-9,14,16H,10-11H2,1-2H3,(H,19,20,22)/t14-,16+/m0/s1. The molecule has 0 aliphatic carbocycles. The number of hydrogen-bond donors (Lipinski definition) is 1. The topological polar surface area (TPSA) is 88.9 Å². The smallest absolute Gasteiger partial charge is 0.274 e. The van der Waals surface area contributed by atoms with Crippen LogP contribution in [-0.4, -0.2) is 62.3 Å². The highest BCUT2D eigenvalue weighted by molar-refractivity contribution is 5.94. The number of benzene rings is 1. The van der Waals surface area contributed by atoms with Gasteiger partial charge in [0.25, 0.3) is 5.91 Å². The van der Waals surface area contributed by atoms with Crippen molar-refractivity contribution < 1.29 is 9.53 Å². The molecule has 0 spiro atoms. The number of methoxy groups -OCH3 is 1. The molecule has 1 aromatic carbocycles. The quantitative estimate of drug-likeness (QED) is 0.770. The average Bonchev–Trinajstić information content (AvgIpc) is 3.40. The zero-order valence-corrected chi connectivity index (χ0v) is 14.7. The van der Waals surface area contributed by atoms with Crippen molar-refractivity contribution in [3.05, 3.63) is 59.7 Å². The Morgan fingerprint density at radius 2 is 2.08 bits per heavy atom. The number of nitrogens with one attached hydrogen (secondary N) is 1. The zero-order chi connectivity index (χ0) is 18.1. The molecule has 0 radical (unpaired) electrons. The summed E-state index contributed by atoms with van der Waals surface area (Å²) in [7, 11) is 1.65. The number of ether oxygens (including phenoxy) is 1. The number of H-pyrrole nitrogens is 1. The number of nitrogens with zero attached hydrogens (tertiary/aromatic N) is 5. The minimum Gasteiger partial charge on any atom is -0.379 e. The van der Waals surface area contributed by atoms with Gasteiger partial charge >= 0.3 is 0 Å². The molecule has 2 aromatic heterocycles. The molecule has 2 atom stereocenters. The van der Waals surface area contributed by atoms with Gasteiger partial charge in [0.05, 0.1) is 29.6 Å². The van der Waals surface area contributed by atoms with Crippen molar-refractivity contribution in [1.29, 1.82) is 0 Å². The molecule has 8 nitrogen and oxygen atoms in total. The fourth-order valence-electron chi connectivity index (χ4n) is 3.39. The third kappa shape index (κ3) is 2.88. The van der Waals surface area contributed by atoms with E-state index >= 15 is 0 Å². The highest BCUT2D eigenvalue weighted by Gasteiger charge is 2.39. The summed E-state index contributed by atoms with van der Waals surface area (Å²) in [6, 6.07) is 9.75. The SMILES string of the molecule is CO[C@@H]1CN(C(=O)c2nn(-c3ccccc3)cc2C)C[C@H]1c1cn[nH]n1. The van der Waals surface area contributed by atoms with Gasteiger partial charge in [0.15, 0.2) is 5.69 Å². The van der Waals surface area contributed by atoms with E-state index < -0.39 is 0 Å². The maximum Gasteiger partial charge on any atom is 0.274 e. The van der Waals surface area contributed by atoms with Crippen LogP contribution in [-0.2, 0) is 4.74 Å². The van der Waals surface area contributed by atoms with Crippen LogP contribution < -0.4 is 0 Å². The molecule has 26 heavy (non-hydrogen) atoms. The minimum absolute atomic E-state index is 0.000727. The lowest BCUT2D eigenvalue weighted by molar-refractivity contribution is 0.0708. The van der Waals surface area contributed by atoms with Crippen molar-refractivity contribution in [2.24, 2.45) is 0 Å². The fraction of sp³-hybridized carbons (Fsp3) is 0.333. The van der Waals surface area contributed by atoms with Gasteiger partial charge in [-0.05, 0) is 19.1 Å².